The topological polar surface area (TPSA) is 64.6 Å². The number of ether oxygens (including phenoxy) is 2. The molecule has 102 valence electrons. The molecule has 0 aliphatic heterocycles. The van der Waals surface area contributed by atoms with Crippen LogP contribution in [0.25, 0.3) is 0 Å². The number of rotatable bonds is 5. The molecule has 1 aromatic rings. The predicted molar refractivity (Wildman–Crippen MR) is 70.9 cm³/mol. The maximum atomic E-state index is 11.8. The SMILES string of the molecule is CCOC(=O)/C=C(\C)NC(=O)c1ccc(OC)cc1. The summed E-state index contributed by atoms with van der Waals surface area (Å²) in [5, 5.41) is 2.60. The van der Waals surface area contributed by atoms with Crippen LogP contribution in [-0.2, 0) is 9.53 Å². The van der Waals surface area contributed by atoms with Crippen LogP contribution in [0, 0.1) is 0 Å². The van der Waals surface area contributed by atoms with E-state index in [1.165, 1.54) is 6.08 Å². The van der Waals surface area contributed by atoms with Gasteiger partial charge in [-0.25, -0.2) is 4.79 Å². The molecular formula is C14H17NO4. The Morgan fingerprint density at radius 2 is 1.89 bits per heavy atom. The highest BCUT2D eigenvalue weighted by molar-refractivity contribution is 5.96. The lowest BCUT2D eigenvalue weighted by Crippen LogP contribution is -2.22. The summed E-state index contributed by atoms with van der Waals surface area (Å²) in [4.78, 5) is 23.0. The van der Waals surface area contributed by atoms with Crippen LogP contribution < -0.4 is 10.1 Å². The summed E-state index contributed by atoms with van der Waals surface area (Å²) in [7, 11) is 1.56. The van der Waals surface area contributed by atoms with Crippen molar-refractivity contribution in [1.29, 1.82) is 0 Å². The first kappa shape index (κ1) is 14.8. The molecule has 0 saturated carbocycles. The molecule has 1 amide bonds. The summed E-state index contributed by atoms with van der Waals surface area (Å²) in [5.41, 5.74) is 0.914. The van der Waals surface area contributed by atoms with Crippen LogP contribution in [0.15, 0.2) is 36.0 Å². The van der Waals surface area contributed by atoms with E-state index in [1.54, 1.807) is 45.2 Å². The van der Waals surface area contributed by atoms with Gasteiger partial charge in [-0.1, -0.05) is 0 Å². The van der Waals surface area contributed by atoms with Crippen LogP contribution in [0.3, 0.4) is 0 Å². The Bertz CT molecular complexity index is 477. The predicted octanol–water partition coefficient (Wildman–Crippen LogP) is 1.89. The van der Waals surface area contributed by atoms with Crippen LogP contribution in [-0.4, -0.2) is 25.6 Å². The average Bonchev–Trinajstić information content (AvgIpc) is 2.38. The van der Waals surface area contributed by atoms with Crippen molar-refractivity contribution in [1.82, 2.24) is 5.32 Å². The molecule has 0 bridgehead atoms. The Labute approximate surface area is 112 Å². The molecule has 0 atom stereocenters. The van der Waals surface area contributed by atoms with Crippen molar-refractivity contribution in [3.8, 4) is 5.75 Å². The van der Waals surface area contributed by atoms with Gasteiger partial charge in [-0.2, -0.15) is 0 Å². The van der Waals surface area contributed by atoms with E-state index < -0.39 is 5.97 Å². The molecule has 0 aliphatic rings. The minimum absolute atomic E-state index is 0.291. The van der Waals surface area contributed by atoms with Crippen molar-refractivity contribution < 1.29 is 19.1 Å². The van der Waals surface area contributed by atoms with Gasteiger partial charge in [0.2, 0.25) is 0 Å². The van der Waals surface area contributed by atoms with E-state index in [1.807, 2.05) is 0 Å². The summed E-state index contributed by atoms with van der Waals surface area (Å²) in [6.07, 6.45) is 1.24. The molecule has 1 N–H and O–H groups in total. The Hall–Kier alpha value is -2.30. The standard InChI is InChI=1S/C14H17NO4/c1-4-19-13(16)9-10(2)15-14(17)11-5-7-12(18-3)8-6-11/h5-9H,4H2,1-3H3,(H,15,17)/b10-9+. The van der Waals surface area contributed by atoms with Gasteiger partial charge in [0.25, 0.3) is 5.91 Å². The molecule has 1 aromatic carbocycles. The summed E-state index contributed by atoms with van der Waals surface area (Å²) in [6, 6.07) is 6.68. The second-order valence-corrected chi connectivity index (χ2v) is 3.76. The first-order valence-corrected chi connectivity index (χ1v) is 5.87. The van der Waals surface area contributed by atoms with Crippen molar-refractivity contribution in [2.24, 2.45) is 0 Å². The van der Waals surface area contributed by atoms with Crippen LogP contribution in [0.5, 0.6) is 5.75 Å². The number of nitrogens with one attached hydrogen (secondary N) is 1. The van der Waals surface area contributed by atoms with E-state index in [0.717, 1.165) is 0 Å². The first-order chi connectivity index (χ1) is 9.06. The first-order valence-electron chi connectivity index (χ1n) is 5.87. The van der Waals surface area contributed by atoms with Gasteiger partial charge in [0.1, 0.15) is 5.75 Å². The lowest BCUT2D eigenvalue weighted by molar-refractivity contribution is -0.137. The van der Waals surface area contributed by atoms with Gasteiger partial charge in [-0.3, -0.25) is 4.79 Å². The van der Waals surface area contributed by atoms with Crippen LogP contribution in [0.4, 0.5) is 0 Å². The number of hydrogen-bond donors (Lipinski definition) is 1. The fourth-order valence-corrected chi connectivity index (χ4v) is 1.39. The minimum atomic E-state index is -0.477. The van der Waals surface area contributed by atoms with Gasteiger partial charge >= 0.3 is 5.97 Å². The lowest BCUT2D eigenvalue weighted by Gasteiger charge is -2.06. The van der Waals surface area contributed by atoms with Crippen molar-refractivity contribution in [2.75, 3.05) is 13.7 Å². The van der Waals surface area contributed by atoms with E-state index in [9.17, 15) is 9.59 Å². The molecule has 5 heteroatoms. The van der Waals surface area contributed by atoms with E-state index in [2.05, 4.69) is 5.32 Å². The third kappa shape index (κ3) is 4.83. The van der Waals surface area contributed by atoms with Gasteiger partial charge in [0.15, 0.2) is 0 Å². The smallest absolute Gasteiger partial charge is 0.332 e. The molecule has 0 aromatic heterocycles. The molecule has 1 rings (SSSR count). The van der Waals surface area contributed by atoms with Crippen LogP contribution in [0.2, 0.25) is 0 Å². The second kappa shape index (κ2) is 7.20. The molecule has 0 aliphatic carbocycles. The zero-order valence-electron chi connectivity index (χ0n) is 11.2. The van der Waals surface area contributed by atoms with Gasteiger partial charge in [-0.15, -0.1) is 0 Å². The summed E-state index contributed by atoms with van der Waals surface area (Å²) >= 11 is 0. The summed E-state index contributed by atoms with van der Waals surface area (Å²) in [5.74, 6) is -0.0916. The highest BCUT2D eigenvalue weighted by Gasteiger charge is 2.07. The van der Waals surface area contributed by atoms with E-state index in [4.69, 9.17) is 9.47 Å². The van der Waals surface area contributed by atoms with Crippen molar-refractivity contribution in [3.63, 3.8) is 0 Å². The summed E-state index contributed by atoms with van der Waals surface area (Å²) < 4.78 is 9.75. The summed E-state index contributed by atoms with van der Waals surface area (Å²) in [6.45, 7) is 3.64. The monoisotopic (exact) mass is 263 g/mol. The lowest BCUT2D eigenvalue weighted by atomic mass is 10.2. The zero-order valence-corrected chi connectivity index (χ0v) is 11.2. The normalized spacial score (nSPS) is 10.8. The average molecular weight is 263 g/mol. The van der Waals surface area contributed by atoms with Crippen molar-refractivity contribution >= 4 is 11.9 Å². The highest BCUT2D eigenvalue weighted by atomic mass is 16.5. The number of benzene rings is 1. The highest BCUT2D eigenvalue weighted by Crippen LogP contribution is 2.11. The Morgan fingerprint density at radius 3 is 2.42 bits per heavy atom. The van der Waals surface area contributed by atoms with Gasteiger partial charge in [0.05, 0.1) is 13.7 Å². The van der Waals surface area contributed by atoms with Crippen LogP contribution in [0.1, 0.15) is 24.2 Å². The zero-order chi connectivity index (χ0) is 14.3. The molecule has 0 radical (unpaired) electrons. The third-order valence-electron chi connectivity index (χ3n) is 2.28. The molecule has 0 unspecified atom stereocenters. The number of carbonyl (C=O) groups excluding carboxylic acids is 2. The number of allylic oxidation sites excluding steroid dienone is 1. The van der Waals surface area contributed by atoms with E-state index >= 15 is 0 Å². The Kier molecular flexibility index (Phi) is 5.60. The van der Waals surface area contributed by atoms with Gasteiger partial charge in [-0.05, 0) is 38.1 Å². The fourth-order valence-electron chi connectivity index (χ4n) is 1.39. The van der Waals surface area contributed by atoms with Crippen molar-refractivity contribution in [3.05, 3.63) is 41.6 Å². The largest absolute Gasteiger partial charge is 0.497 e. The fraction of sp³-hybridized carbons (Fsp3) is 0.286. The molecule has 0 heterocycles. The maximum absolute atomic E-state index is 11.8. The quantitative estimate of drug-likeness (QED) is 0.651. The van der Waals surface area contributed by atoms with Crippen LogP contribution >= 0.6 is 0 Å². The van der Waals surface area contributed by atoms with Gasteiger partial charge < -0.3 is 14.8 Å². The Morgan fingerprint density at radius 1 is 1.26 bits per heavy atom. The number of hydrogen-bond acceptors (Lipinski definition) is 4. The maximum Gasteiger partial charge on any atom is 0.332 e. The molecule has 0 spiro atoms. The van der Waals surface area contributed by atoms with E-state index in [0.29, 0.717) is 23.6 Å². The number of esters is 1. The molecule has 0 saturated heterocycles. The number of amides is 1. The van der Waals surface area contributed by atoms with Crippen molar-refractivity contribution in [2.45, 2.75) is 13.8 Å². The third-order valence-corrected chi connectivity index (χ3v) is 2.28. The number of carbonyl (C=O) groups is 2. The molecule has 5 nitrogen and oxygen atoms in total. The Balaban J connectivity index is 2.65. The van der Waals surface area contributed by atoms with Gasteiger partial charge in [0, 0.05) is 17.3 Å². The number of methoxy groups -OCH3 is 1. The molecular weight excluding hydrogens is 246 g/mol. The minimum Gasteiger partial charge on any atom is -0.497 e. The molecule has 0 fully saturated rings. The van der Waals surface area contributed by atoms with E-state index in [-0.39, 0.29) is 5.91 Å². The molecule has 19 heavy (non-hydrogen) atoms. The second-order valence-electron chi connectivity index (χ2n) is 3.76.